The predicted octanol–water partition coefficient (Wildman–Crippen LogP) is 3.41. The number of benzene rings is 2. The summed E-state index contributed by atoms with van der Waals surface area (Å²) < 4.78 is 15.9. The minimum absolute atomic E-state index is 0.0181. The van der Waals surface area contributed by atoms with Gasteiger partial charge in [-0.3, -0.25) is 4.79 Å². The van der Waals surface area contributed by atoms with Gasteiger partial charge in [0.05, 0.1) is 32.6 Å². The molecule has 0 bridgehead atoms. The van der Waals surface area contributed by atoms with Crippen molar-refractivity contribution in [2.75, 3.05) is 21.3 Å². The lowest BCUT2D eigenvalue weighted by molar-refractivity contribution is 0.104. The average molecular weight is 309 g/mol. The van der Waals surface area contributed by atoms with Crippen LogP contribution in [0.5, 0.6) is 17.2 Å². The maximum absolute atomic E-state index is 12.9. The van der Waals surface area contributed by atoms with Gasteiger partial charge in [0.15, 0.2) is 17.3 Å². The van der Waals surface area contributed by atoms with Gasteiger partial charge >= 0.3 is 0 Å². The molecule has 116 valence electrons. The monoisotopic (exact) mass is 309 g/mol. The number of H-pyrrole nitrogens is 1. The lowest BCUT2D eigenvalue weighted by atomic mass is 10.1. The van der Waals surface area contributed by atoms with Gasteiger partial charge in [-0.2, -0.15) is 0 Å². The second-order valence-corrected chi connectivity index (χ2v) is 5.37. The number of nitrogens with one attached hydrogen (secondary N) is 1. The summed E-state index contributed by atoms with van der Waals surface area (Å²) in [6.07, 6.45) is 0. The van der Waals surface area contributed by atoms with Crippen LogP contribution in [0.1, 0.15) is 15.9 Å². The molecular formula is C18H15NO4. The molecule has 0 fully saturated rings. The fraction of sp³-hybridized carbons (Fsp3) is 0.167. The molecule has 0 radical (unpaired) electrons. The molecule has 0 spiro atoms. The van der Waals surface area contributed by atoms with Crippen LogP contribution < -0.4 is 14.2 Å². The van der Waals surface area contributed by atoms with Crippen molar-refractivity contribution in [2.24, 2.45) is 0 Å². The number of methoxy groups -OCH3 is 3. The molecule has 0 saturated heterocycles. The number of ketones is 1. The topological polar surface area (TPSA) is 60.6 Å². The van der Waals surface area contributed by atoms with E-state index < -0.39 is 0 Å². The number of carbonyl (C=O) groups excluding carboxylic acids is 1. The Hall–Kier alpha value is -2.95. The van der Waals surface area contributed by atoms with E-state index in [2.05, 4.69) is 4.98 Å². The van der Waals surface area contributed by atoms with Crippen LogP contribution in [0.4, 0.5) is 0 Å². The van der Waals surface area contributed by atoms with E-state index in [1.54, 1.807) is 27.4 Å². The van der Waals surface area contributed by atoms with Crippen LogP contribution >= 0.6 is 0 Å². The van der Waals surface area contributed by atoms with E-state index in [1.165, 1.54) is 0 Å². The van der Waals surface area contributed by atoms with E-state index in [4.69, 9.17) is 14.2 Å². The molecule has 23 heavy (non-hydrogen) atoms. The Morgan fingerprint density at radius 3 is 2.22 bits per heavy atom. The maximum atomic E-state index is 12.9. The molecule has 0 amide bonds. The molecule has 0 unspecified atom stereocenters. The second kappa shape index (κ2) is 4.78. The van der Waals surface area contributed by atoms with E-state index in [1.807, 2.05) is 24.3 Å². The van der Waals surface area contributed by atoms with Crippen molar-refractivity contribution in [3.8, 4) is 28.5 Å². The van der Waals surface area contributed by atoms with Crippen LogP contribution in [-0.2, 0) is 0 Å². The lowest BCUT2D eigenvalue weighted by Crippen LogP contribution is -1.98. The van der Waals surface area contributed by atoms with Crippen molar-refractivity contribution in [3.05, 3.63) is 41.5 Å². The molecule has 5 heteroatoms. The molecule has 3 aromatic rings. The predicted molar refractivity (Wildman–Crippen MR) is 86.8 cm³/mol. The summed E-state index contributed by atoms with van der Waals surface area (Å²) in [7, 11) is 4.75. The Morgan fingerprint density at radius 2 is 1.57 bits per heavy atom. The summed E-state index contributed by atoms with van der Waals surface area (Å²) in [6, 6.07) is 9.23. The SMILES string of the molecule is COc1ccc2[nH]c3c(c2c1)C(=O)c1cc(OC)c(OC)cc1-3. The molecule has 1 aliphatic carbocycles. The van der Waals surface area contributed by atoms with Gasteiger partial charge in [-0.1, -0.05) is 0 Å². The number of hydrogen-bond donors (Lipinski definition) is 1. The number of fused-ring (bicyclic) bond motifs is 5. The largest absolute Gasteiger partial charge is 0.497 e. The molecule has 0 saturated carbocycles. The Kier molecular flexibility index (Phi) is 2.84. The Morgan fingerprint density at radius 1 is 0.870 bits per heavy atom. The first-order valence-electron chi connectivity index (χ1n) is 7.18. The van der Waals surface area contributed by atoms with Gasteiger partial charge in [0.25, 0.3) is 0 Å². The normalized spacial score (nSPS) is 12.2. The average Bonchev–Trinajstić information content (AvgIpc) is 3.09. The third kappa shape index (κ3) is 1.76. The third-order valence-electron chi connectivity index (χ3n) is 4.27. The van der Waals surface area contributed by atoms with E-state index in [9.17, 15) is 4.79 Å². The summed E-state index contributed by atoms with van der Waals surface area (Å²) >= 11 is 0. The van der Waals surface area contributed by atoms with Gasteiger partial charge in [0, 0.05) is 22.0 Å². The molecule has 1 heterocycles. The van der Waals surface area contributed by atoms with Crippen molar-refractivity contribution >= 4 is 16.7 Å². The fourth-order valence-corrected chi connectivity index (χ4v) is 3.14. The van der Waals surface area contributed by atoms with Gasteiger partial charge in [-0.25, -0.2) is 0 Å². The summed E-state index contributed by atoms with van der Waals surface area (Å²) in [4.78, 5) is 16.2. The summed E-state index contributed by atoms with van der Waals surface area (Å²) in [5, 5.41) is 0.860. The lowest BCUT2D eigenvalue weighted by Gasteiger charge is -2.09. The minimum atomic E-state index is -0.0181. The number of aromatic nitrogens is 1. The number of aromatic amines is 1. The highest BCUT2D eigenvalue weighted by Gasteiger charge is 2.32. The Balaban J connectivity index is 2.01. The van der Waals surface area contributed by atoms with Crippen molar-refractivity contribution in [2.45, 2.75) is 0 Å². The highest BCUT2D eigenvalue weighted by molar-refractivity contribution is 6.27. The van der Waals surface area contributed by atoms with E-state index in [-0.39, 0.29) is 5.78 Å². The third-order valence-corrected chi connectivity index (χ3v) is 4.27. The highest BCUT2D eigenvalue weighted by atomic mass is 16.5. The quantitative estimate of drug-likeness (QED) is 0.630. The smallest absolute Gasteiger partial charge is 0.196 e. The van der Waals surface area contributed by atoms with Gasteiger partial charge < -0.3 is 19.2 Å². The molecule has 4 rings (SSSR count). The zero-order valence-electron chi connectivity index (χ0n) is 13.0. The standard InChI is InChI=1S/C18H15NO4/c1-21-9-4-5-13-12(6-9)16-17(19-13)10-7-14(22-2)15(23-3)8-11(10)18(16)20/h4-8,19H,1-3H3. The van der Waals surface area contributed by atoms with Crippen molar-refractivity contribution in [3.63, 3.8) is 0 Å². The van der Waals surface area contributed by atoms with Crippen LogP contribution in [0.15, 0.2) is 30.3 Å². The molecule has 1 aliphatic rings. The first kappa shape index (κ1) is 13.7. The van der Waals surface area contributed by atoms with Crippen molar-refractivity contribution in [1.29, 1.82) is 0 Å². The number of rotatable bonds is 3. The zero-order chi connectivity index (χ0) is 16.1. The van der Waals surface area contributed by atoms with E-state index in [0.29, 0.717) is 22.6 Å². The molecule has 0 aliphatic heterocycles. The second-order valence-electron chi connectivity index (χ2n) is 5.37. The number of ether oxygens (including phenoxy) is 3. The summed E-state index contributed by atoms with van der Waals surface area (Å²) in [5.74, 6) is 1.85. The summed E-state index contributed by atoms with van der Waals surface area (Å²) in [6.45, 7) is 0. The van der Waals surface area contributed by atoms with E-state index >= 15 is 0 Å². The summed E-state index contributed by atoms with van der Waals surface area (Å²) in [5.41, 5.74) is 3.84. The van der Waals surface area contributed by atoms with Crippen molar-refractivity contribution < 1.29 is 19.0 Å². The first-order chi connectivity index (χ1) is 11.2. The Bertz CT molecular complexity index is 955. The van der Waals surface area contributed by atoms with Crippen LogP contribution in [0.25, 0.3) is 22.2 Å². The van der Waals surface area contributed by atoms with Crippen LogP contribution in [0, 0.1) is 0 Å². The van der Waals surface area contributed by atoms with Crippen molar-refractivity contribution in [1.82, 2.24) is 4.98 Å². The van der Waals surface area contributed by atoms with Gasteiger partial charge in [-0.15, -0.1) is 0 Å². The van der Waals surface area contributed by atoms with E-state index in [0.717, 1.165) is 27.9 Å². The Labute approximate surface area is 132 Å². The molecule has 0 atom stereocenters. The number of carbonyl (C=O) groups is 1. The van der Waals surface area contributed by atoms with Crippen LogP contribution in [0.2, 0.25) is 0 Å². The molecule has 1 N–H and O–H groups in total. The van der Waals surface area contributed by atoms with Gasteiger partial charge in [0.2, 0.25) is 0 Å². The van der Waals surface area contributed by atoms with Crippen LogP contribution in [-0.4, -0.2) is 32.1 Å². The highest BCUT2D eigenvalue weighted by Crippen LogP contribution is 2.45. The maximum Gasteiger partial charge on any atom is 0.196 e. The number of hydrogen-bond acceptors (Lipinski definition) is 4. The first-order valence-corrected chi connectivity index (χ1v) is 7.18. The van der Waals surface area contributed by atoms with Gasteiger partial charge in [0.1, 0.15) is 5.75 Å². The van der Waals surface area contributed by atoms with Crippen LogP contribution in [0.3, 0.4) is 0 Å². The minimum Gasteiger partial charge on any atom is -0.497 e. The zero-order valence-corrected chi connectivity index (χ0v) is 13.0. The molecular weight excluding hydrogens is 294 g/mol. The van der Waals surface area contributed by atoms with Gasteiger partial charge in [-0.05, 0) is 30.3 Å². The fourth-order valence-electron chi connectivity index (χ4n) is 3.14. The molecule has 5 nitrogen and oxygen atoms in total. The molecule has 1 aromatic heterocycles. The molecule has 2 aromatic carbocycles.